The quantitative estimate of drug-likeness (QED) is 0.698. The highest BCUT2D eigenvalue weighted by Crippen LogP contribution is 2.16. The molecule has 0 unspecified atom stereocenters. The van der Waals surface area contributed by atoms with Gasteiger partial charge in [0.1, 0.15) is 0 Å². The molecule has 0 atom stereocenters. The van der Waals surface area contributed by atoms with Crippen LogP contribution >= 0.6 is 0 Å². The fraction of sp³-hybridized carbons (Fsp3) is 0.889. The van der Waals surface area contributed by atoms with Gasteiger partial charge in [0.2, 0.25) is 0 Å². The van der Waals surface area contributed by atoms with E-state index in [4.69, 9.17) is 0 Å². The molecule has 13 heavy (non-hydrogen) atoms. The zero-order valence-electron chi connectivity index (χ0n) is 9.07. The van der Waals surface area contributed by atoms with Crippen molar-refractivity contribution in [1.82, 2.24) is 20.2 Å². The van der Waals surface area contributed by atoms with E-state index in [1.807, 2.05) is 0 Å². The van der Waals surface area contributed by atoms with Gasteiger partial charge in [0.05, 0.1) is 6.54 Å². The molecule has 0 aromatic carbocycles. The Morgan fingerprint density at radius 2 is 1.92 bits per heavy atom. The molecule has 1 heterocycles. The summed E-state index contributed by atoms with van der Waals surface area (Å²) < 4.78 is 0. The standard InChI is InChI=1S/C9H18N4/c1-7(2)6-13-11-8(10-12-13)9(3,4)5/h7H,6H2,1-5H3. The molecular weight excluding hydrogens is 164 g/mol. The largest absolute Gasteiger partial charge is 0.180 e. The summed E-state index contributed by atoms with van der Waals surface area (Å²) >= 11 is 0. The average Bonchev–Trinajstić information content (AvgIpc) is 2.32. The van der Waals surface area contributed by atoms with Crippen molar-refractivity contribution in [3.63, 3.8) is 0 Å². The van der Waals surface area contributed by atoms with E-state index < -0.39 is 0 Å². The lowest BCUT2D eigenvalue weighted by molar-refractivity contribution is 0.424. The van der Waals surface area contributed by atoms with Gasteiger partial charge in [-0.05, 0) is 11.1 Å². The summed E-state index contributed by atoms with van der Waals surface area (Å²) in [5, 5.41) is 12.3. The minimum atomic E-state index is -0.00473. The zero-order valence-corrected chi connectivity index (χ0v) is 9.07. The predicted molar refractivity (Wildman–Crippen MR) is 51.4 cm³/mol. The van der Waals surface area contributed by atoms with Crippen LogP contribution in [0.15, 0.2) is 0 Å². The fourth-order valence-corrected chi connectivity index (χ4v) is 0.947. The van der Waals surface area contributed by atoms with Crippen molar-refractivity contribution in [2.45, 2.75) is 46.6 Å². The second-order valence-electron chi connectivity index (χ2n) is 4.81. The maximum absolute atomic E-state index is 4.32. The van der Waals surface area contributed by atoms with Crippen LogP contribution in [-0.4, -0.2) is 20.2 Å². The third kappa shape index (κ3) is 2.79. The van der Waals surface area contributed by atoms with Crippen LogP contribution in [0.3, 0.4) is 0 Å². The Hall–Kier alpha value is -0.930. The Bertz CT molecular complexity index is 269. The highest BCUT2D eigenvalue weighted by atomic mass is 15.6. The van der Waals surface area contributed by atoms with E-state index in [2.05, 4.69) is 50.0 Å². The Kier molecular flexibility index (Phi) is 2.68. The molecule has 0 aliphatic rings. The Morgan fingerprint density at radius 3 is 2.31 bits per heavy atom. The normalized spacial score (nSPS) is 12.5. The molecule has 1 aromatic heterocycles. The van der Waals surface area contributed by atoms with E-state index in [9.17, 15) is 0 Å². The van der Waals surface area contributed by atoms with Crippen LogP contribution in [0.5, 0.6) is 0 Å². The molecule has 0 aliphatic carbocycles. The number of hydrogen-bond acceptors (Lipinski definition) is 3. The van der Waals surface area contributed by atoms with Crippen LogP contribution in [0.4, 0.5) is 0 Å². The van der Waals surface area contributed by atoms with Crippen LogP contribution in [0.1, 0.15) is 40.4 Å². The van der Waals surface area contributed by atoms with Gasteiger partial charge in [-0.2, -0.15) is 4.80 Å². The second-order valence-corrected chi connectivity index (χ2v) is 4.81. The summed E-state index contributed by atoms with van der Waals surface area (Å²) in [4.78, 5) is 1.67. The van der Waals surface area contributed by atoms with Gasteiger partial charge in [-0.3, -0.25) is 0 Å². The first-order chi connectivity index (χ1) is 5.89. The molecule has 4 heteroatoms. The zero-order chi connectivity index (χ0) is 10.1. The lowest BCUT2D eigenvalue weighted by Crippen LogP contribution is -2.15. The van der Waals surface area contributed by atoms with Crippen LogP contribution in [-0.2, 0) is 12.0 Å². The van der Waals surface area contributed by atoms with Crippen molar-refractivity contribution in [3.05, 3.63) is 5.82 Å². The van der Waals surface area contributed by atoms with Gasteiger partial charge < -0.3 is 0 Å². The summed E-state index contributed by atoms with van der Waals surface area (Å²) in [6.07, 6.45) is 0. The van der Waals surface area contributed by atoms with Crippen LogP contribution in [0.25, 0.3) is 0 Å². The molecule has 1 rings (SSSR count). The van der Waals surface area contributed by atoms with Crippen molar-refractivity contribution < 1.29 is 0 Å². The molecule has 0 saturated heterocycles. The average molecular weight is 182 g/mol. The molecule has 4 nitrogen and oxygen atoms in total. The van der Waals surface area contributed by atoms with Crippen molar-refractivity contribution in [3.8, 4) is 0 Å². The topological polar surface area (TPSA) is 43.6 Å². The lowest BCUT2D eigenvalue weighted by atomic mass is 9.96. The number of aromatic nitrogens is 4. The predicted octanol–water partition coefficient (Wildman–Crippen LogP) is 1.63. The van der Waals surface area contributed by atoms with E-state index in [1.165, 1.54) is 0 Å². The highest BCUT2D eigenvalue weighted by Gasteiger charge is 2.19. The van der Waals surface area contributed by atoms with E-state index >= 15 is 0 Å². The highest BCUT2D eigenvalue weighted by molar-refractivity contribution is 4.95. The van der Waals surface area contributed by atoms with Crippen LogP contribution < -0.4 is 0 Å². The molecule has 0 radical (unpaired) electrons. The molecule has 74 valence electrons. The summed E-state index contributed by atoms with van der Waals surface area (Å²) in [5.74, 6) is 1.37. The molecule has 0 N–H and O–H groups in total. The summed E-state index contributed by atoms with van der Waals surface area (Å²) in [7, 11) is 0. The SMILES string of the molecule is CC(C)Cn1nnc(C(C)(C)C)n1. The molecule has 0 saturated carbocycles. The molecular formula is C9H18N4. The number of tetrazole rings is 1. The van der Waals surface area contributed by atoms with Gasteiger partial charge in [-0.15, -0.1) is 10.2 Å². The maximum Gasteiger partial charge on any atom is 0.180 e. The lowest BCUT2D eigenvalue weighted by Gasteiger charge is -2.11. The summed E-state index contributed by atoms with van der Waals surface area (Å²) in [6.45, 7) is 11.4. The minimum absolute atomic E-state index is 0.00473. The van der Waals surface area contributed by atoms with Crippen molar-refractivity contribution in [2.75, 3.05) is 0 Å². The van der Waals surface area contributed by atoms with Gasteiger partial charge in [-0.1, -0.05) is 34.6 Å². The van der Waals surface area contributed by atoms with E-state index in [0.29, 0.717) is 5.92 Å². The molecule has 1 aromatic rings. The molecule has 0 spiro atoms. The van der Waals surface area contributed by atoms with E-state index in [0.717, 1.165) is 12.4 Å². The minimum Gasteiger partial charge on any atom is -0.164 e. The Labute approximate surface area is 79.3 Å². The maximum atomic E-state index is 4.32. The number of rotatable bonds is 2. The first kappa shape index (κ1) is 10.2. The van der Waals surface area contributed by atoms with Crippen LogP contribution in [0.2, 0.25) is 0 Å². The second kappa shape index (κ2) is 3.44. The Balaban J connectivity index is 2.75. The van der Waals surface area contributed by atoms with Gasteiger partial charge in [-0.25, -0.2) is 0 Å². The van der Waals surface area contributed by atoms with Gasteiger partial charge in [0.25, 0.3) is 0 Å². The van der Waals surface area contributed by atoms with E-state index in [1.54, 1.807) is 4.80 Å². The molecule has 0 bridgehead atoms. The third-order valence-corrected chi connectivity index (χ3v) is 1.65. The molecule has 0 amide bonds. The van der Waals surface area contributed by atoms with E-state index in [-0.39, 0.29) is 5.41 Å². The number of hydrogen-bond donors (Lipinski definition) is 0. The number of nitrogens with zero attached hydrogens (tertiary/aromatic N) is 4. The van der Waals surface area contributed by atoms with Gasteiger partial charge >= 0.3 is 0 Å². The third-order valence-electron chi connectivity index (χ3n) is 1.65. The monoisotopic (exact) mass is 182 g/mol. The van der Waals surface area contributed by atoms with Crippen LogP contribution in [0, 0.1) is 5.92 Å². The fourth-order valence-electron chi connectivity index (χ4n) is 0.947. The summed E-state index contributed by atoms with van der Waals surface area (Å²) in [5.41, 5.74) is -0.00473. The smallest absolute Gasteiger partial charge is 0.164 e. The first-order valence-electron chi connectivity index (χ1n) is 4.68. The molecule has 0 fully saturated rings. The first-order valence-corrected chi connectivity index (χ1v) is 4.68. The van der Waals surface area contributed by atoms with Gasteiger partial charge in [0.15, 0.2) is 5.82 Å². The van der Waals surface area contributed by atoms with Gasteiger partial charge in [0, 0.05) is 5.41 Å². The summed E-state index contributed by atoms with van der Waals surface area (Å²) in [6, 6.07) is 0. The Morgan fingerprint density at radius 1 is 1.31 bits per heavy atom. The molecule has 0 aliphatic heterocycles. The van der Waals surface area contributed by atoms with Crippen molar-refractivity contribution >= 4 is 0 Å². The van der Waals surface area contributed by atoms with Crippen molar-refractivity contribution in [2.24, 2.45) is 5.92 Å². The van der Waals surface area contributed by atoms with Crippen molar-refractivity contribution in [1.29, 1.82) is 0 Å².